The monoisotopic (exact) mass is 336 g/mol. The number of hydrogen-bond acceptors (Lipinski definition) is 4. The molecule has 136 valence electrons. The molecule has 24 heavy (non-hydrogen) atoms. The maximum Gasteiger partial charge on any atom is 0.236 e. The molecular weight excluding hydrogens is 304 g/mol. The predicted octanol–water partition coefficient (Wildman–Crippen LogP) is 0.627. The van der Waals surface area contributed by atoms with Crippen molar-refractivity contribution in [1.29, 1.82) is 0 Å². The number of likely N-dealkylation sites (tertiary alicyclic amines) is 2. The first-order valence-corrected chi connectivity index (χ1v) is 9.63. The van der Waals surface area contributed by atoms with E-state index < -0.39 is 0 Å². The minimum absolute atomic E-state index is 0.114. The van der Waals surface area contributed by atoms with Gasteiger partial charge in [0, 0.05) is 45.7 Å². The van der Waals surface area contributed by atoms with E-state index in [1.54, 1.807) is 6.92 Å². The Hall–Kier alpha value is -1.14. The van der Waals surface area contributed by atoms with Crippen LogP contribution >= 0.6 is 0 Å². The molecule has 0 spiro atoms. The first kappa shape index (κ1) is 17.7. The molecule has 3 saturated heterocycles. The predicted molar refractivity (Wildman–Crippen MR) is 93.7 cm³/mol. The third kappa shape index (κ3) is 4.48. The Kier molecular flexibility index (Phi) is 6.11. The van der Waals surface area contributed by atoms with Crippen molar-refractivity contribution in [2.45, 2.75) is 45.1 Å². The molecule has 0 bridgehead atoms. The van der Waals surface area contributed by atoms with Crippen molar-refractivity contribution < 1.29 is 9.59 Å². The van der Waals surface area contributed by atoms with E-state index in [2.05, 4.69) is 9.80 Å². The van der Waals surface area contributed by atoms with Gasteiger partial charge in [-0.15, -0.1) is 0 Å². The third-order valence-electron chi connectivity index (χ3n) is 5.83. The summed E-state index contributed by atoms with van der Waals surface area (Å²) in [5, 5.41) is 0. The minimum atomic E-state index is 0.114. The summed E-state index contributed by atoms with van der Waals surface area (Å²) in [6.45, 7) is 9.52. The SMILES string of the molecule is CC(=O)N1CCN(C(=O)CN2CCC[C@@H]2CN2CCCCC2)CC1. The Morgan fingerprint density at radius 3 is 2.17 bits per heavy atom. The van der Waals surface area contributed by atoms with Crippen LogP contribution in [0.4, 0.5) is 0 Å². The largest absolute Gasteiger partial charge is 0.339 e. The van der Waals surface area contributed by atoms with E-state index in [-0.39, 0.29) is 11.8 Å². The number of carbonyl (C=O) groups is 2. The number of amides is 2. The average molecular weight is 336 g/mol. The molecule has 3 aliphatic rings. The minimum Gasteiger partial charge on any atom is -0.339 e. The fourth-order valence-corrected chi connectivity index (χ4v) is 4.29. The molecule has 0 N–H and O–H groups in total. The van der Waals surface area contributed by atoms with Crippen LogP contribution in [0.25, 0.3) is 0 Å². The van der Waals surface area contributed by atoms with Gasteiger partial charge in [0.2, 0.25) is 11.8 Å². The van der Waals surface area contributed by atoms with Crippen molar-refractivity contribution in [2.24, 2.45) is 0 Å². The topological polar surface area (TPSA) is 47.1 Å². The van der Waals surface area contributed by atoms with Gasteiger partial charge in [0.1, 0.15) is 0 Å². The normalized spacial score (nSPS) is 26.8. The molecule has 0 radical (unpaired) electrons. The third-order valence-corrected chi connectivity index (χ3v) is 5.83. The van der Waals surface area contributed by atoms with Crippen LogP contribution in [0, 0.1) is 0 Å². The van der Waals surface area contributed by atoms with Gasteiger partial charge in [-0.25, -0.2) is 0 Å². The molecule has 0 unspecified atom stereocenters. The summed E-state index contributed by atoms with van der Waals surface area (Å²) in [6, 6.07) is 0.547. The molecule has 2 amide bonds. The number of carbonyl (C=O) groups excluding carboxylic acids is 2. The van der Waals surface area contributed by atoms with Gasteiger partial charge in [-0.05, 0) is 45.3 Å². The second-order valence-corrected chi connectivity index (χ2v) is 7.51. The molecule has 1 atom stereocenters. The van der Waals surface area contributed by atoms with E-state index in [1.165, 1.54) is 45.2 Å². The van der Waals surface area contributed by atoms with Crippen LogP contribution in [0.1, 0.15) is 39.0 Å². The molecule has 0 aromatic carbocycles. The fraction of sp³-hybridized carbons (Fsp3) is 0.889. The summed E-state index contributed by atoms with van der Waals surface area (Å²) < 4.78 is 0. The van der Waals surface area contributed by atoms with Crippen molar-refractivity contribution in [3.8, 4) is 0 Å². The molecular formula is C18H32N4O2. The van der Waals surface area contributed by atoms with Crippen molar-refractivity contribution in [1.82, 2.24) is 19.6 Å². The maximum absolute atomic E-state index is 12.6. The highest BCUT2D eigenvalue weighted by Crippen LogP contribution is 2.20. The van der Waals surface area contributed by atoms with Crippen LogP contribution in [-0.2, 0) is 9.59 Å². The Labute approximate surface area is 145 Å². The summed E-state index contributed by atoms with van der Waals surface area (Å²) in [5.74, 6) is 0.354. The van der Waals surface area contributed by atoms with Crippen LogP contribution in [-0.4, -0.2) is 96.4 Å². The van der Waals surface area contributed by atoms with Crippen molar-refractivity contribution in [2.75, 3.05) is 58.9 Å². The summed E-state index contributed by atoms with van der Waals surface area (Å²) in [4.78, 5) is 32.8. The number of piperazine rings is 1. The molecule has 6 nitrogen and oxygen atoms in total. The summed E-state index contributed by atoms with van der Waals surface area (Å²) in [6.07, 6.45) is 6.46. The highest BCUT2D eigenvalue weighted by molar-refractivity contribution is 5.79. The van der Waals surface area contributed by atoms with Crippen LogP contribution in [0.15, 0.2) is 0 Å². The number of rotatable bonds is 4. The number of hydrogen-bond donors (Lipinski definition) is 0. The van der Waals surface area contributed by atoms with E-state index in [0.717, 1.165) is 13.1 Å². The zero-order chi connectivity index (χ0) is 16.9. The lowest BCUT2D eigenvalue weighted by molar-refractivity contribution is -0.139. The lowest BCUT2D eigenvalue weighted by atomic mass is 10.1. The summed E-state index contributed by atoms with van der Waals surface area (Å²) in [5.41, 5.74) is 0. The second kappa shape index (κ2) is 8.30. The Bertz CT molecular complexity index is 442. The molecule has 3 fully saturated rings. The molecule has 0 saturated carbocycles. The first-order chi connectivity index (χ1) is 11.6. The lowest BCUT2D eigenvalue weighted by Gasteiger charge is -2.36. The molecule has 0 aliphatic carbocycles. The molecule has 3 heterocycles. The lowest BCUT2D eigenvalue weighted by Crippen LogP contribution is -2.53. The maximum atomic E-state index is 12.6. The highest BCUT2D eigenvalue weighted by Gasteiger charge is 2.30. The van der Waals surface area contributed by atoms with E-state index in [4.69, 9.17) is 0 Å². The number of piperidine rings is 1. The zero-order valence-corrected chi connectivity index (χ0v) is 15.1. The van der Waals surface area contributed by atoms with Crippen LogP contribution < -0.4 is 0 Å². The van der Waals surface area contributed by atoms with E-state index >= 15 is 0 Å². The van der Waals surface area contributed by atoms with Gasteiger partial charge in [0.15, 0.2) is 0 Å². The van der Waals surface area contributed by atoms with E-state index in [1.807, 2.05) is 9.80 Å². The standard InChI is InChI=1S/C18H32N4O2/c1-16(23)20-10-12-21(13-11-20)18(24)15-22-9-5-6-17(22)14-19-7-3-2-4-8-19/h17H,2-15H2,1H3/t17-/m1/s1. The van der Waals surface area contributed by atoms with Crippen LogP contribution in [0.3, 0.4) is 0 Å². The second-order valence-electron chi connectivity index (χ2n) is 7.51. The van der Waals surface area contributed by atoms with Gasteiger partial charge in [-0.3, -0.25) is 14.5 Å². The van der Waals surface area contributed by atoms with Gasteiger partial charge in [-0.1, -0.05) is 6.42 Å². The van der Waals surface area contributed by atoms with Gasteiger partial charge in [-0.2, -0.15) is 0 Å². The fourth-order valence-electron chi connectivity index (χ4n) is 4.29. The number of nitrogens with zero attached hydrogens (tertiary/aromatic N) is 4. The smallest absolute Gasteiger partial charge is 0.236 e. The van der Waals surface area contributed by atoms with Crippen molar-refractivity contribution in [3.63, 3.8) is 0 Å². The first-order valence-electron chi connectivity index (χ1n) is 9.63. The van der Waals surface area contributed by atoms with Gasteiger partial charge in [0.25, 0.3) is 0 Å². The Morgan fingerprint density at radius 1 is 0.833 bits per heavy atom. The van der Waals surface area contributed by atoms with Crippen LogP contribution in [0.5, 0.6) is 0 Å². The van der Waals surface area contributed by atoms with Gasteiger partial charge >= 0.3 is 0 Å². The van der Waals surface area contributed by atoms with E-state index in [9.17, 15) is 9.59 Å². The van der Waals surface area contributed by atoms with Gasteiger partial charge in [0.05, 0.1) is 6.54 Å². The van der Waals surface area contributed by atoms with Gasteiger partial charge < -0.3 is 14.7 Å². The molecule has 3 aliphatic heterocycles. The Balaban J connectivity index is 1.45. The average Bonchev–Trinajstić information content (AvgIpc) is 3.02. The molecule has 0 aromatic heterocycles. The molecule has 0 aromatic rings. The van der Waals surface area contributed by atoms with E-state index in [0.29, 0.717) is 38.8 Å². The summed E-state index contributed by atoms with van der Waals surface area (Å²) >= 11 is 0. The van der Waals surface area contributed by atoms with Crippen molar-refractivity contribution >= 4 is 11.8 Å². The molecule has 6 heteroatoms. The Morgan fingerprint density at radius 2 is 1.50 bits per heavy atom. The zero-order valence-electron chi connectivity index (χ0n) is 15.1. The van der Waals surface area contributed by atoms with Crippen molar-refractivity contribution in [3.05, 3.63) is 0 Å². The molecule has 3 rings (SSSR count). The quantitative estimate of drug-likeness (QED) is 0.755. The van der Waals surface area contributed by atoms with Crippen LogP contribution in [0.2, 0.25) is 0 Å². The highest BCUT2D eigenvalue weighted by atomic mass is 16.2. The summed E-state index contributed by atoms with van der Waals surface area (Å²) in [7, 11) is 0.